The number of carbonyl (C=O) groups is 1. The van der Waals surface area contributed by atoms with Crippen molar-refractivity contribution in [3.8, 4) is 0 Å². The molecule has 94 valence electrons. The smallest absolute Gasteiger partial charge is 0.266 e. The lowest BCUT2D eigenvalue weighted by Gasteiger charge is -2.09. The van der Waals surface area contributed by atoms with E-state index in [1.807, 2.05) is 35.7 Å². The van der Waals surface area contributed by atoms with Crippen LogP contribution in [0.4, 0.5) is 5.69 Å². The molecular formula is C14H14BrNOS. The van der Waals surface area contributed by atoms with Crippen molar-refractivity contribution < 1.29 is 4.79 Å². The van der Waals surface area contributed by atoms with Crippen LogP contribution >= 0.6 is 27.3 Å². The number of anilines is 1. The number of para-hydroxylation sites is 1. The van der Waals surface area contributed by atoms with E-state index in [0.29, 0.717) is 0 Å². The van der Waals surface area contributed by atoms with Gasteiger partial charge in [0.1, 0.15) is 0 Å². The average Bonchev–Trinajstić information content (AvgIpc) is 2.87. The van der Waals surface area contributed by atoms with Gasteiger partial charge in [0.2, 0.25) is 0 Å². The van der Waals surface area contributed by atoms with Crippen LogP contribution in [0.3, 0.4) is 0 Å². The quantitative estimate of drug-likeness (QED) is 0.827. The fraction of sp³-hybridized carbons (Fsp3) is 0.214. The molecule has 0 aliphatic heterocycles. The number of thiophene rings is 1. The Bertz CT molecular complexity index is 550. The van der Waals surface area contributed by atoms with Gasteiger partial charge in [0.05, 0.1) is 4.88 Å². The number of hydrogen-bond donors (Lipinski definition) is 1. The molecule has 2 nitrogen and oxygen atoms in total. The first kappa shape index (κ1) is 13.3. The third-order valence-corrected chi connectivity index (χ3v) is 4.30. The highest BCUT2D eigenvalue weighted by Gasteiger charge is 2.13. The maximum atomic E-state index is 12.2. The van der Waals surface area contributed by atoms with Crippen molar-refractivity contribution in [3.63, 3.8) is 0 Å². The maximum Gasteiger partial charge on any atom is 0.266 e. The normalized spacial score (nSPS) is 10.3. The van der Waals surface area contributed by atoms with Gasteiger partial charge in [-0.2, -0.15) is 0 Å². The molecule has 0 bridgehead atoms. The van der Waals surface area contributed by atoms with Crippen LogP contribution in [0.15, 0.2) is 35.7 Å². The molecule has 0 radical (unpaired) electrons. The Kier molecular flexibility index (Phi) is 4.55. The Labute approximate surface area is 119 Å². The number of halogens is 1. The van der Waals surface area contributed by atoms with E-state index in [4.69, 9.17) is 0 Å². The molecule has 0 spiro atoms. The third-order valence-electron chi connectivity index (χ3n) is 2.74. The summed E-state index contributed by atoms with van der Waals surface area (Å²) >= 11 is 4.92. The highest BCUT2D eigenvalue weighted by Crippen LogP contribution is 2.22. The van der Waals surface area contributed by atoms with Crippen molar-refractivity contribution in [1.82, 2.24) is 0 Å². The Morgan fingerprint density at radius 2 is 2.06 bits per heavy atom. The number of amides is 1. The minimum absolute atomic E-state index is 0.0183. The predicted molar refractivity (Wildman–Crippen MR) is 80.7 cm³/mol. The van der Waals surface area contributed by atoms with E-state index >= 15 is 0 Å². The van der Waals surface area contributed by atoms with E-state index in [9.17, 15) is 4.79 Å². The second-order valence-corrected chi connectivity index (χ2v) is 5.35. The Hall–Kier alpha value is -1.13. The molecule has 1 N–H and O–H groups in total. The van der Waals surface area contributed by atoms with Crippen LogP contribution in [-0.4, -0.2) is 5.91 Å². The van der Waals surface area contributed by atoms with Gasteiger partial charge in [-0.1, -0.05) is 41.1 Å². The number of aryl methyl sites for hydroxylation is 1. The molecule has 0 fully saturated rings. The van der Waals surface area contributed by atoms with Crippen molar-refractivity contribution in [2.24, 2.45) is 0 Å². The average molecular weight is 324 g/mol. The standard InChI is InChI=1S/C14H14BrNOS/c1-2-10-7-8-18-13(10)14(17)16-12-6-4-3-5-11(12)9-15/h3-8H,2,9H2,1H3,(H,16,17). The van der Waals surface area contributed by atoms with E-state index < -0.39 is 0 Å². The second-order valence-electron chi connectivity index (χ2n) is 3.87. The molecule has 1 aromatic carbocycles. The van der Waals surface area contributed by atoms with Crippen molar-refractivity contribution >= 4 is 38.9 Å². The topological polar surface area (TPSA) is 29.1 Å². The van der Waals surface area contributed by atoms with Gasteiger partial charge in [0.15, 0.2) is 0 Å². The zero-order valence-corrected chi connectivity index (χ0v) is 12.5. The first-order valence-corrected chi connectivity index (χ1v) is 7.78. The number of rotatable bonds is 4. The van der Waals surface area contributed by atoms with Gasteiger partial charge in [-0.15, -0.1) is 11.3 Å². The summed E-state index contributed by atoms with van der Waals surface area (Å²) in [6.45, 7) is 2.06. The van der Waals surface area contributed by atoms with Crippen molar-refractivity contribution in [1.29, 1.82) is 0 Å². The van der Waals surface area contributed by atoms with E-state index in [1.165, 1.54) is 11.3 Å². The lowest BCUT2D eigenvalue weighted by Crippen LogP contribution is -2.13. The molecule has 2 aromatic rings. The van der Waals surface area contributed by atoms with Crippen LogP contribution in [0.25, 0.3) is 0 Å². The van der Waals surface area contributed by atoms with Crippen LogP contribution < -0.4 is 5.32 Å². The highest BCUT2D eigenvalue weighted by atomic mass is 79.9. The van der Waals surface area contributed by atoms with Crippen molar-refractivity contribution in [2.45, 2.75) is 18.7 Å². The lowest BCUT2D eigenvalue weighted by molar-refractivity contribution is 0.102. The first-order valence-electron chi connectivity index (χ1n) is 5.77. The van der Waals surface area contributed by atoms with Gasteiger partial charge in [0.25, 0.3) is 5.91 Å². The summed E-state index contributed by atoms with van der Waals surface area (Å²) in [4.78, 5) is 13.0. The molecule has 0 aliphatic rings. The molecule has 0 atom stereocenters. The molecule has 1 amide bonds. The van der Waals surface area contributed by atoms with Crippen molar-refractivity contribution in [2.75, 3.05) is 5.32 Å². The van der Waals surface area contributed by atoms with E-state index in [-0.39, 0.29) is 5.91 Å². The lowest BCUT2D eigenvalue weighted by atomic mass is 10.1. The van der Waals surface area contributed by atoms with Crippen LogP contribution in [-0.2, 0) is 11.8 Å². The molecule has 0 saturated heterocycles. The summed E-state index contributed by atoms with van der Waals surface area (Å²) < 4.78 is 0. The largest absolute Gasteiger partial charge is 0.321 e. The number of nitrogens with one attached hydrogen (secondary N) is 1. The Balaban J connectivity index is 2.21. The zero-order valence-electron chi connectivity index (χ0n) is 10.1. The molecule has 4 heteroatoms. The molecule has 0 saturated carbocycles. The monoisotopic (exact) mass is 323 g/mol. The summed E-state index contributed by atoms with van der Waals surface area (Å²) in [6.07, 6.45) is 0.881. The molecule has 2 rings (SSSR count). The molecule has 0 aliphatic carbocycles. The van der Waals surface area contributed by atoms with Gasteiger partial charge in [-0.05, 0) is 35.1 Å². The van der Waals surface area contributed by atoms with Crippen molar-refractivity contribution in [3.05, 3.63) is 51.7 Å². The molecule has 1 heterocycles. The summed E-state index contributed by atoms with van der Waals surface area (Å²) in [5.41, 5.74) is 3.06. The SMILES string of the molecule is CCc1ccsc1C(=O)Nc1ccccc1CBr. The van der Waals surface area contributed by atoms with Gasteiger partial charge >= 0.3 is 0 Å². The van der Waals surface area contributed by atoms with E-state index in [2.05, 4.69) is 28.2 Å². The fourth-order valence-corrected chi connectivity index (χ4v) is 3.13. The summed E-state index contributed by atoms with van der Waals surface area (Å²) in [6, 6.07) is 9.83. The van der Waals surface area contributed by atoms with Crippen LogP contribution in [0.1, 0.15) is 27.7 Å². The molecular weight excluding hydrogens is 310 g/mol. The maximum absolute atomic E-state index is 12.2. The number of alkyl halides is 1. The Morgan fingerprint density at radius 3 is 2.78 bits per heavy atom. The minimum atomic E-state index is -0.0183. The van der Waals surface area contributed by atoms with Gasteiger partial charge in [0, 0.05) is 11.0 Å². The molecule has 0 unspecified atom stereocenters. The summed E-state index contributed by atoms with van der Waals surface area (Å²) in [7, 11) is 0. The van der Waals surface area contributed by atoms with Gasteiger partial charge in [-0.3, -0.25) is 4.79 Å². The summed E-state index contributed by atoms with van der Waals surface area (Å²) in [5, 5.41) is 5.67. The van der Waals surface area contributed by atoms with E-state index in [1.54, 1.807) is 0 Å². The molecule has 18 heavy (non-hydrogen) atoms. The van der Waals surface area contributed by atoms with Gasteiger partial charge < -0.3 is 5.32 Å². The Morgan fingerprint density at radius 1 is 1.28 bits per heavy atom. The number of benzene rings is 1. The fourth-order valence-electron chi connectivity index (χ4n) is 1.75. The van der Waals surface area contributed by atoms with Gasteiger partial charge in [-0.25, -0.2) is 0 Å². The first-order chi connectivity index (χ1) is 8.76. The second kappa shape index (κ2) is 6.16. The third kappa shape index (κ3) is 2.82. The van der Waals surface area contributed by atoms with Crippen LogP contribution in [0.2, 0.25) is 0 Å². The number of carbonyl (C=O) groups excluding carboxylic acids is 1. The minimum Gasteiger partial charge on any atom is -0.321 e. The van der Waals surface area contributed by atoms with E-state index in [0.717, 1.165) is 33.4 Å². The van der Waals surface area contributed by atoms with Crippen LogP contribution in [0, 0.1) is 0 Å². The number of hydrogen-bond acceptors (Lipinski definition) is 2. The van der Waals surface area contributed by atoms with Crippen LogP contribution in [0.5, 0.6) is 0 Å². The molecule has 1 aromatic heterocycles. The predicted octanol–water partition coefficient (Wildman–Crippen LogP) is 4.46. The highest BCUT2D eigenvalue weighted by molar-refractivity contribution is 9.08. The summed E-state index contributed by atoms with van der Waals surface area (Å²) in [5.74, 6) is -0.0183. The zero-order chi connectivity index (χ0) is 13.0.